The topological polar surface area (TPSA) is 118 Å². The van der Waals surface area contributed by atoms with Gasteiger partial charge in [-0.1, -0.05) is 35.9 Å². The standard InChI is InChI=1S/C36H26N2O6/c1-18-16-28(40)32-26(33(18)41)17-25-23(30(32)19-8-12-22(39)13-9-19)14-15-24-31(25)36(43)38(35(24)42)21-10-6-20(7-11-21)34-37-27-4-2-3-5-29(27)44-34/h2-14,16,24-25,30-31,39H,15,17H2,1H3. The van der Waals surface area contributed by atoms with Crippen molar-refractivity contribution in [2.24, 2.45) is 17.8 Å². The van der Waals surface area contributed by atoms with Crippen LogP contribution < -0.4 is 4.90 Å². The van der Waals surface area contributed by atoms with E-state index in [4.69, 9.17) is 4.42 Å². The van der Waals surface area contributed by atoms with Gasteiger partial charge < -0.3 is 9.52 Å². The number of amides is 2. The lowest BCUT2D eigenvalue weighted by molar-refractivity contribution is -0.123. The molecule has 0 saturated carbocycles. The molecule has 1 aliphatic heterocycles. The number of aromatic nitrogens is 1. The highest BCUT2D eigenvalue weighted by Crippen LogP contribution is 2.55. The molecule has 8 nitrogen and oxygen atoms in total. The number of allylic oxidation sites excluding steroid dienone is 6. The number of phenols is 1. The predicted molar refractivity (Wildman–Crippen MR) is 161 cm³/mol. The van der Waals surface area contributed by atoms with Gasteiger partial charge in [-0.3, -0.25) is 24.1 Å². The molecule has 3 aliphatic carbocycles. The van der Waals surface area contributed by atoms with Crippen molar-refractivity contribution in [3.8, 4) is 17.2 Å². The largest absolute Gasteiger partial charge is 0.508 e. The van der Waals surface area contributed by atoms with Crippen LogP contribution in [0.3, 0.4) is 0 Å². The second-order valence-corrected chi connectivity index (χ2v) is 11.9. The van der Waals surface area contributed by atoms with Gasteiger partial charge in [0.1, 0.15) is 11.3 Å². The number of hydrogen-bond donors (Lipinski definition) is 1. The highest BCUT2D eigenvalue weighted by Gasteiger charge is 2.56. The predicted octanol–water partition coefficient (Wildman–Crippen LogP) is 5.83. The summed E-state index contributed by atoms with van der Waals surface area (Å²) in [6, 6.07) is 21.1. The highest BCUT2D eigenvalue weighted by atomic mass is 16.3. The Labute approximate surface area is 252 Å². The number of carbonyl (C=O) groups is 4. The Morgan fingerprint density at radius 2 is 1.64 bits per heavy atom. The maximum Gasteiger partial charge on any atom is 0.238 e. The highest BCUT2D eigenvalue weighted by molar-refractivity contribution is 6.25. The van der Waals surface area contributed by atoms with E-state index < -0.39 is 23.7 Å². The van der Waals surface area contributed by atoms with Gasteiger partial charge in [-0.25, -0.2) is 4.98 Å². The maximum absolute atomic E-state index is 14.2. The summed E-state index contributed by atoms with van der Waals surface area (Å²) in [5.74, 6) is -2.66. The zero-order valence-electron chi connectivity index (χ0n) is 23.7. The quantitative estimate of drug-likeness (QED) is 0.183. The number of aromatic hydroxyl groups is 1. The van der Waals surface area contributed by atoms with Gasteiger partial charge in [-0.05, 0) is 85.9 Å². The van der Waals surface area contributed by atoms with Crippen LogP contribution in [0.25, 0.3) is 22.6 Å². The lowest BCUT2D eigenvalue weighted by Crippen LogP contribution is -2.39. The van der Waals surface area contributed by atoms with Crippen LogP contribution in [0.4, 0.5) is 5.69 Å². The molecule has 8 rings (SSSR count). The van der Waals surface area contributed by atoms with Crippen molar-refractivity contribution in [3.63, 3.8) is 0 Å². The number of anilines is 1. The molecule has 2 amide bonds. The molecule has 0 spiro atoms. The summed E-state index contributed by atoms with van der Waals surface area (Å²) < 4.78 is 5.88. The maximum atomic E-state index is 14.2. The number of hydrogen-bond acceptors (Lipinski definition) is 7. The summed E-state index contributed by atoms with van der Waals surface area (Å²) in [6.07, 6.45) is 3.95. The molecule has 0 radical (unpaired) electrons. The van der Waals surface area contributed by atoms with Crippen LogP contribution >= 0.6 is 0 Å². The third kappa shape index (κ3) is 3.80. The lowest BCUT2D eigenvalue weighted by atomic mass is 9.59. The number of phenolic OH excluding ortho intramolecular Hbond substituents is 1. The summed E-state index contributed by atoms with van der Waals surface area (Å²) in [5.41, 5.74) is 5.43. The number of para-hydroxylation sites is 2. The fraction of sp³-hybridized carbons (Fsp3) is 0.194. The first kappa shape index (κ1) is 26.3. The van der Waals surface area contributed by atoms with Crippen LogP contribution in [0.2, 0.25) is 0 Å². The molecule has 3 aromatic carbocycles. The fourth-order valence-corrected chi connectivity index (χ4v) is 7.43. The molecule has 1 fully saturated rings. The zero-order valence-corrected chi connectivity index (χ0v) is 23.7. The normalized spacial score (nSPS) is 24.7. The SMILES string of the molecule is CC1=CC(=O)C2=C(CC3C(=CCC4C(=O)N(c5ccc(-c6nc7ccccc7o6)cc5)C(=O)C43)C2c2ccc(O)cc2)C1=O. The second kappa shape index (κ2) is 9.57. The van der Waals surface area contributed by atoms with Crippen LogP contribution in [-0.4, -0.2) is 33.5 Å². The smallest absolute Gasteiger partial charge is 0.238 e. The molecule has 44 heavy (non-hydrogen) atoms. The summed E-state index contributed by atoms with van der Waals surface area (Å²) in [7, 11) is 0. The minimum Gasteiger partial charge on any atom is -0.508 e. The van der Waals surface area contributed by atoms with Gasteiger partial charge in [-0.2, -0.15) is 0 Å². The van der Waals surface area contributed by atoms with Crippen LogP contribution in [0.5, 0.6) is 5.75 Å². The molecule has 1 N–H and O–H groups in total. The van der Waals surface area contributed by atoms with Crippen LogP contribution in [0.1, 0.15) is 31.2 Å². The molecule has 4 aromatic rings. The van der Waals surface area contributed by atoms with Gasteiger partial charge in [0.15, 0.2) is 17.1 Å². The Morgan fingerprint density at radius 3 is 2.39 bits per heavy atom. The van der Waals surface area contributed by atoms with Crippen molar-refractivity contribution in [1.29, 1.82) is 0 Å². The van der Waals surface area contributed by atoms with E-state index in [1.54, 1.807) is 55.5 Å². The molecule has 4 atom stereocenters. The molecule has 0 bridgehead atoms. The first-order valence-corrected chi connectivity index (χ1v) is 14.6. The van der Waals surface area contributed by atoms with E-state index in [0.717, 1.165) is 22.2 Å². The lowest BCUT2D eigenvalue weighted by Gasteiger charge is -2.42. The number of Topliss-reactive ketones (excluding diaryl/α,β-unsaturated/α-hetero) is 1. The Hall–Kier alpha value is -5.37. The zero-order chi connectivity index (χ0) is 30.3. The summed E-state index contributed by atoms with van der Waals surface area (Å²) in [5, 5.41) is 9.93. The van der Waals surface area contributed by atoms with Crippen molar-refractivity contribution in [2.45, 2.75) is 25.7 Å². The molecule has 1 saturated heterocycles. The number of nitrogens with zero attached hydrogens (tertiary/aromatic N) is 2. The molecule has 2 heterocycles. The molecule has 4 aliphatic rings. The minimum absolute atomic E-state index is 0.0871. The Morgan fingerprint density at radius 1 is 0.886 bits per heavy atom. The summed E-state index contributed by atoms with van der Waals surface area (Å²) >= 11 is 0. The third-order valence-corrected chi connectivity index (χ3v) is 9.45. The minimum atomic E-state index is -0.665. The van der Waals surface area contributed by atoms with E-state index in [0.29, 0.717) is 40.3 Å². The number of benzene rings is 3. The van der Waals surface area contributed by atoms with E-state index in [2.05, 4.69) is 4.98 Å². The van der Waals surface area contributed by atoms with Gasteiger partial charge in [-0.15, -0.1) is 0 Å². The average molecular weight is 583 g/mol. The monoisotopic (exact) mass is 582 g/mol. The van der Waals surface area contributed by atoms with Crippen molar-refractivity contribution in [2.75, 3.05) is 4.90 Å². The van der Waals surface area contributed by atoms with Gasteiger partial charge >= 0.3 is 0 Å². The van der Waals surface area contributed by atoms with Crippen LogP contribution in [-0.2, 0) is 19.2 Å². The van der Waals surface area contributed by atoms with E-state index in [1.165, 1.54) is 11.0 Å². The molecule has 216 valence electrons. The Kier molecular flexibility index (Phi) is 5.71. The van der Waals surface area contributed by atoms with Gasteiger partial charge in [0.2, 0.25) is 17.7 Å². The first-order chi connectivity index (χ1) is 21.3. The number of oxazole rings is 1. The van der Waals surface area contributed by atoms with Gasteiger partial charge in [0.25, 0.3) is 0 Å². The van der Waals surface area contributed by atoms with E-state index >= 15 is 0 Å². The second-order valence-electron chi connectivity index (χ2n) is 11.9. The Bertz CT molecular complexity index is 2000. The molecule has 4 unspecified atom stereocenters. The number of fused-ring (bicyclic) bond motifs is 4. The number of ketones is 2. The van der Waals surface area contributed by atoms with Crippen molar-refractivity contribution in [1.82, 2.24) is 4.98 Å². The van der Waals surface area contributed by atoms with Crippen molar-refractivity contribution in [3.05, 3.63) is 113 Å². The third-order valence-electron chi connectivity index (χ3n) is 9.45. The summed E-state index contributed by atoms with van der Waals surface area (Å²) in [4.78, 5) is 60.6. The first-order valence-electron chi connectivity index (χ1n) is 14.6. The number of carbonyl (C=O) groups excluding carboxylic acids is 4. The van der Waals surface area contributed by atoms with Gasteiger partial charge in [0, 0.05) is 28.2 Å². The summed E-state index contributed by atoms with van der Waals surface area (Å²) in [6.45, 7) is 1.63. The van der Waals surface area contributed by atoms with Crippen molar-refractivity contribution < 1.29 is 28.7 Å². The Balaban J connectivity index is 1.16. The molecule has 1 aromatic heterocycles. The number of rotatable bonds is 3. The van der Waals surface area contributed by atoms with E-state index in [9.17, 15) is 24.3 Å². The van der Waals surface area contributed by atoms with Crippen LogP contribution in [0.15, 0.2) is 112 Å². The van der Waals surface area contributed by atoms with Crippen molar-refractivity contribution >= 4 is 40.2 Å². The van der Waals surface area contributed by atoms with Crippen LogP contribution in [0, 0.1) is 17.8 Å². The van der Waals surface area contributed by atoms with E-state index in [1.807, 2.05) is 30.3 Å². The van der Waals surface area contributed by atoms with Gasteiger partial charge in [0.05, 0.1) is 17.5 Å². The van der Waals surface area contributed by atoms with E-state index in [-0.39, 0.29) is 35.6 Å². The molecule has 8 heteroatoms. The molecular formula is C36H26N2O6. The number of imide groups is 1. The fourth-order valence-electron chi connectivity index (χ4n) is 7.43. The molecular weight excluding hydrogens is 556 g/mol. The average Bonchev–Trinajstić information content (AvgIpc) is 3.58.